The van der Waals surface area contributed by atoms with E-state index in [1.807, 2.05) is 42.5 Å². The Morgan fingerprint density at radius 1 is 1.17 bits per heavy atom. The molecule has 0 aromatic heterocycles. The second-order valence-electron chi connectivity index (χ2n) is 8.21. The molecule has 0 saturated heterocycles. The quantitative estimate of drug-likeness (QED) is 0.811. The van der Waals surface area contributed by atoms with Gasteiger partial charge in [-0.25, -0.2) is 17.5 Å². The van der Waals surface area contributed by atoms with Gasteiger partial charge in [0.2, 0.25) is 10.0 Å². The fourth-order valence-corrected chi connectivity index (χ4v) is 6.74. The summed E-state index contributed by atoms with van der Waals surface area (Å²) in [6.45, 7) is 0. The predicted molar refractivity (Wildman–Crippen MR) is 107 cm³/mol. The molecule has 29 heavy (non-hydrogen) atoms. The Balaban J connectivity index is 1.47. The minimum Gasteiger partial charge on any atom is -0.493 e. The molecular weight excluding hydrogens is 393 g/mol. The number of halogens is 1. The van der Waals surface area contributed by atoms with Gasteiger partial charge in [0.15, 0.2) is 11.5 Å². The van der Waals surface area contributed by atoms with Crippen LogP contribution in [0.4, 0.5) is 4.39 Å². The van der Waals surface area contributed by atoms with Gasteiger partial charge in [-0.05, 0) is 42.4 Å². The first kappa shape index (κ1) is 18.9. The van der Waals surface area contributed by atoms with Crippen LogP contribution < -0.4 is 14.2 Å². The van der Waals surface area contributed by atoms with Crippen molar-refractivity contribution >= 4 is 10.0 Å². The van der Waals surface area contributed by atoms with Crippen molar-refractivity contribution in [2.24, 2.45) is 5.92 Å². The minimum absolute atomic E-state index is 0.0124. The van der Waals surface area contributed by atoms with Crippen LogP contribution in [0.1, 0.15) is 35.4 Å². The van der Waals surface area contributed by atoms with Crippen LogP contribution in [0.25, 0.3) is 0 Å². The lowest BCUT2D eigenvalue weighted by Gasteiger charge is -2.43. The molecule has 0 amide bonds. The van der Waals surface area contributed by atoms with Crippen LogP contribution in [0.15, 0.2) is 42.5 Å². The average Bonchev–Trinajstić information content (AvgIpc) is 3.10. The molecule has 7 heteroatoms. The monoisotopic (exact) mass is 417 g/mol. The third kappa shape index (κ3) is 3.20. The normalized spacial score (nSPS) is 29.8. The van der Waals surface area contributed by atoms with Gasteiger partial charge in [-0.3, -0.25) is 0 Å². The van der Waals surface area contributed by atoms with E-state index in [1.54, 1.807) is 7.11 Å². The van der Waals surface area contributed by atoms with Gasteiger partial charge in [-0.2, -0.15) is 0 Å². The predicted octanol–water partition coefficient (Wildman–Crippen LogP) is 3.33. The molecule has 1 saturated carbocycles. The van der Waals surface area contributed by atoms with Crippen molar-refractivity contribution in [2.75, 3.05) is 7.11 Å². The van der Waals surface area contributed by atoms with Crippen molar-refractivity contribution in [3.05, 3.63) is 59.2 Å². The standard InChI is InChI=1S/C22H24FNO4S/c1-27-18-10-7-14-11-17(24-29(25,26)12-13-5-3-2-4-6-13)15-8-9-16(23)21-20(15)19(14)22(18)28-21/h2-7,10,15-17,20-21,24H,8-9,11-12H2,1H3/t15?,16?,17-,20?,21+/m0/s1. The Labute approximate surface area is 170 Å². The molecule has 2 aliphatic carbocycles. The Hall–Kier alpha value is -2.12. The highest BCUT2D eigenvalue weighted by Gasteiger charge is 2.54. The lowest BCUT2D eigenvalue weighted by atomic mass is 9.65. The summed E-state index contributed by atoms with van der Waals surface area (Å²) >= 11 is 0. The molecule has 5 atom stereocenters. The highest BCUT2D eigenvalue weighted by atomic mass is 32.2. The maximum Gasteiger partial charge on any atom is 0.216 e. The molecule has 1 N–H and O–H groups in total. The van der Waals surface area contributed by atoms with Gasteiger partial charge in [0.25, 0.3) is 0 Å². The molecule has 3 unspecified atom stereocenters. The van der Waals surface area contributed by atoms with Crippen LogP contribution in [-0.4, -0.2) is 33.8 Å². The van der Waals surface area contributed by atoms with Crippen LogP contribution in [0.5, 0.6) is 11.5 Å². The zero-order valence-corrected chi connectivity index (χ0v) is 17.0. The van der Waals surface area contributed by atoms with Crippen LogP contribution >= 0.6 is 0 Å². The second kappa shape index (κ2) is 6.99. The highest BCUT2D eigenvalue weighted by Crippen LogP contribution is 2.57. The zero-order chi connectivity index (χ0) is 20.2. The van der Waals surface area contributed by atoms with Gasteiger partial charge in [0.1, 0.15) is 12.3 Å². The van der Waals surface area contributed by atoms with E-state index in [0.717, 1.165) is 16.7 Å². The number of alkyl halides is 1. The lowest BCUT2D eigenvalue weighted by Crippen LogP contribution is -2.52. The first-order chi connectivity index (χ1) is 14.0. The molecule has 154 valence electrons. The Morgan fingerprint density at radius 3 is 2.72 bits per heavy atom. The van der Waals surface area contributed by atoms with E-state index in [9.17, 15) is 12.8 Å². The van der Waals surface area contributed by atoms with E-state index >= 15 is 0 Å². The maximum atomic E-state index is 14.7. The SMILES string of the molecule is COc1ccc2c3c1O[C@@H]1C(F)CCC(C31)[C@@H](NS(=O)(=O)Cc1ccccc1)C2. The summed E-state index contributed by atoms with van der Waals surface area (Å²) in [6.07, 6.45) is -0.0235. The van der Waals surface area contributed by atoms with E-state index < -0.39 is 22.3 Å². The van der Waals surface area contributed by atoms with Crippen LogP contribution in [-0.2, 0) is 22.2 Å². The van der Waals surface area contributed by atoms with Crippen LogP contribution in [0.3, 0.4) is 0 Å². The molecule has 1 fully saturated rings. The zero-order valence-electron chi connectivity index (χ0n) is 16.2. The molecule has 5 nitrogen and oxygen atoms in total. The minimum atomic E-state index is -3.52. The molecule has 2 aromatic rings. The summed E-state index contributed by atoms with van der Waals surface area (Å²) in [4.78, 5) is 0. The summed E-state index contributed by atoms with van der Waals surface area (Å²) in [5, 5.41) is 0. The summed E-state index contributed by atoms with van der Waals surface area (Å²) in [7, 11) is -1.94. The highest BCUT2D eigenvalue weighted by molar-refractivity contribution is 7.88. The van der Waals surface area contributed by atoms with Gasteiger partial charge in [0, 0.05) is 17.5 Å². The van der Waals surface area contributed by atoms with Gasteiger partial charge >= 0.3 is 0 Å². The van der Waals surface area contributed by atoms with E-state index in [-0.39, 0.29) is 23.6 Å². The molecule has 0 spiro atoms. The van der Waals surface area contributed by atoms with E-state index in [4.69, 9.17) is 9.47 Å². The fourth-order valence-electron chi connectivity index (χ4n) is 5.31. The van der Waals surface area contributed by atoms with Gasteiger partial charge < -0.3 is 9.47 Å². The number of hydrogen-bond acceptors (Lipinski definition) is 4. The number of ether oxygens (including phenoxy) is 2. The molecule has 1 heterocycles. The summed E-state index contributed by atoms with van der Waals surface area (Å²) in [5.74, 6) is 1.07. The summed E-state index contributed by atoms with van der Waals surface area (Å²) in [5.41, 5.74) is 2.78. The van der Waals surface area contributed by atoms with Crippen molar-refractivity contribution in [1.82, 2.24) is 4.72 Å². The first-order valence-corrected chi connectivity index (χ1v) is 11.7. The number of nitrogens with one attached hydrogen (secondary N) is 1. The van der Waals surface area contributed by atoms with E-state index in [1.165, 1.54) is 0 Å². The first-order valence-electron chi connectivity index (χ1n) is 10.0. The second-order valence-corrected chi connectivity index (χ2v) is 9.96. The molecule has 5 rings (SSSR count). The van der Waals surface area contributed by atoms with Crippen molar-refractivity contribution in [2.45, 2.75) is 49.3 Å². The van der Waals surface area contributed by atoms with E-state index in [2.05, 4.69) is 4.72 Å². The third-order valence-electron chi connectivity index (χ3n) is 6.49. The fraction of sp³-hybridized carbons (Fsp3) is 0.455. The van der Waals surface area contributed by atoms with Crippen molar-refractivity contribution in [3.8, 4) is 11.5 Å². The third-order valence-corrected chi connectivity index (χ3v) is 7.87. The van der Waals surface area contributed by atoms with Gasteiger partial charge in [-0.1, -0.05) is 36.4 Å². The van der Waals surface area contributed by atoms with Crippen molar-refractivity contribution < 1.29 is 22.3 Å². The summed E-state index contributed by atoms with van der Waals surface area (Å²) in [6, 6.07) is 12.7. The summed E-state index contributed by atoms with van der Waals surface area (Å²) < 4.78 is 54.9. The topological polar surface area (TPSA) is 64.6 Å². The molecule has 1 aliphatic heterocycles. The molecule has 2 aromatic carbocycles. The number of methoxy groups -OCH3 is 1. The maximum absolute atomic E-state index is 14.7. The molecule has 0 radical (unpaired) electrons. The lowest BCUT2D eigenvalue weighted by molar-refractivity contribution is 0.0305. The number of benzene rings is 2. The Morgan fingerprint density at radius 2 is 1.97 bits per heavy atom. The number of sulfonamides is 1. The Kier molecular flexibility index (Phi) is 4.55. The number of hydrogen-bond donors (Lipinski definition) is 1. The van der Waals surface area contributed by atoms with Gasteiger partial charge in [0.05, 0.1) is 12.9 Å². The van der Waals surface area contributed by atoms with Crippen molar-refractivity contribution in [1.29, 1.82) is 0 Å². The largest absolute Gasteiger partial charge is 0.493 e. The molecular formula is C22H24FNO4S. The average molecular weight is 418 g/mol. The van der Waals surface area contributed by atoms with Gasteiger partial charge in [-0.15, -0.1) is 0 Å². The van der Waals surface area contributed by atoms with Crippen LogP contribution in [0, 0.1) is 5.92 Å². The smallest absolute Gasteiger partial charge is 0.216 e. The van der Waals surface area contributed by atoms with Crippen molar-refractivity contribution in [3.63, 3.8) is 0 Å². The number of rotatable bonds is 5. The van der Waals surface area contributed by atoms with Crippen LogP contribution in [0.2, 0.25) is 0 Å². The molecule has 0 bridgehead atoms. The molecule has 3 aliphatic rings. The Bertz CT molecular complexity index is 1030. The van der Waals surface area contributed by atoms with E-state index in [0.29, 0.717) is 30.8 Å².